The van der Waals surface area contributed by atoms with Crippen molar-refractivity contribution in [2.45, 2.75) is 20.0 Å². The normalized spacial score (nSPS) is 10.7. The molecule has 0 aliphatic rings. The van der Waals surface area contributed by atoms with E-state index in [1.807, 2.05) is 44.2 Å². The van der Waals surface area contributed by atoms with Crippen LogP contribution >= 0.6 is 0 Å². The average molecular weight is 340 g/mol. The van der Waals surface area contributed by atoms with Gasteiger partial charge in [-0.3, -0.25) is 0 Å². The molecule has 3 aromatic rings. The molecule has 0 aliphatic heterocycles. The summed E-state index contributed by atoms with van der Waals surface area (Å²) < 4.78 is 12.6. The first-order valence-electron chi connectivity index (χ1n) is 7.82. The van der Waals surface area contributed by atoms with E-state index >= 15 is 0 Å². The molecule has 2 aromatic heterocycles. The molecule has 0 saturated heterocycles. The average Bonchev–Trinajstić information content (AvgIpc) is 2.97. The van der Waals surface area contributed by atoms with Crippen LogP contribution in [0.4, 0.5) is 17.6 Å². The molecular weight excluding hydrogens is 320 g/mol. The fourth-order valence-electron chi connectivity index (χ4n) is 2.24. The number of anilines is 3. The molecule has 3 N–H and O–H groups in total. The van der Waals surface area contributed by atoms with Gasteiger partial charge in [-0.25, -0.2) is 4.98 Å². The molecule has 1 aromatic carbocycles. The second kappa shape index (κ2) is 7.08. The summed E-state index contributed by atoms with van der Waals surface area (Å²) in [7, 11) is 1.61. The van der Waals surface area contributed by atoms with E-state index in [0.717, 1.165) is 0 Å². The number of aromatic nitrogens is 4. The number of methoxy groups -OCH3 is 1. The van der Waals surface area contributed by atoms with Crippen LogP contribution in [0, 0.1) is 0 Å². The van der Waals surface area contributed by atoms with Crippen molar-refractivity contribution in [2.24, 2.45) is 0 Å². The van der Waals surface area contributed by atoms with E-state index in [4.69, 9.17) is 15.2 Å². The maximum absolute atomic E-state index is 5.96. The summed E-state index contributed by atoms with van der Waals surface area (Å²) in [6, 6.07) is 11.0. The molecule has 2 heterocycles. The molecule has 25 heavy (non-hydrogen) atoms. The van der Waals surface area contributed by atoms with Crippen molar-refractivity contribution in [3.05, 3.63) is 42.6 Å². The fraction of sp³-hybridized carbons (Fsp3) is 0.235. The van der Waals surface area contributed by atoms with Gasteiger partial charge in [0, 0.05) is 12.3 Å². The minimum absolute atomic E-state index is 0.0260. The van der Waals surface area contributed by atoms with Crippen LogP contribution in [0.15, 0.2) is 42.6 Å². The summed E-state index contributed by atoms with van der Waals surface area (Å²) in [6.07, 6.45) is 1.69. The molecule has 0 spiro atoms. The lowest BCUT2D eigenvalue weighted by molar-refractivity contribution is 0.243. The van der Waals surface area contributed by atoms with Crippen molar-refractivity contribution >= 4 is 17.6 Å². The second-order valence-corrected chi connectivity index (χ2v) is 5.55. The summed E-state index contributed by atoms with van der Waals surface area (Å²) in [4.78, 5) is 8.46. The summed E-state index contributed by atoms with van der Waals surface area (Å²) >= 11 is 0. The van der Waals surface area contributed by atoms with Gasteiger partial charge < -0.3 is 20.5 Å². The Morgan fingerprint density at radius 2 is 2.04 bits per heavy atom. The van der Waals surface area contributed by atoms with E-state index in [2.05, 4.69) is 20.4 Å². The molecule has 0 aliphatic carbocycles. The van der Waals surface area contributed by atoms with Crippen LogP contribution in [-0.4, -0.2) is 33.0 Å². The van der Waals surface area contributed by atoms with E-state index in [0.29, 0.717) is 29.0 Å². The highest BCUT2D eigenvalue weighted by atomic mass is 16.5. The van der Waals surface area contributed by atoms with Gasteiger partial charge >= 0.3 is 0 Å². The maximum atomic E-state index is 5.96. The molecule has 0 atom stereocenters. The van der Waals surface area contributed by atoms with E-state index in [1.165, 1.54) is 4.68 Å². The molecule has 0 radical (unpaired) electrons. The highest BCUT2D eigenvalue weighted by molar-refractivity contribution is 5.65. The summed E-state index contributed by atoms with van der Waals surface area (Å²) in [5, 5.41) is 7.49. The van der Waals surface area contributed by atoms with Gasteiger partial charge in [0.25, 0.3) is 0 Å². The van der Waals surface area contributed by atoms with Crippen LogP contribution in [0.2, 0.25) is 0 Å². The zero-order chi connectivity index (χ0) is 17.8. The number of nitrogens with one attached hydrogen (secondary N) is 1. The van der Waals surface area contributed by atoms with Gasteiger partial charge in [0.05, 0.1) is 18.9 Å². The number of ether oxygens (including phenoxy) is 2. The molecule has 0 amide bonds. The molecule has 130 valence electrons. The number of benzene rings is 1. The molecule has 3 rings (SSSR count). The minimum atomic E-state index is 0.0260. The van der Waals surface area contributed by atoms with Crippen molar-refractivity contribution in [3.63, 3.8) is 0 Å². The Labute approximate surface area is 145 Å². The Morgan fingerprint density at radius 3 is 2.72 bits per heavy atom. The first-order valence-corrected chi connectivity index (χ1v) is 7.82. The lowest BCUT2D eigenvalue weighted by atomic mass is 10.2. The van der Waals surface area contributed by atoms with Gasteiger partial charge in [-0.1, -0.05) is 6.07 Å². The number of rotatable bonds is 6. The highest BCUT2D eigenvalue weighted by Crippen LogP contribution is 2.32. The molecule has 0 bridgehead atoms. The number of pyridine rings is 1. The minimum Gasteiger partial charge on any atom is -0.497 e. The number of hydrogen-bond donors (Lipinski definition) is 2. The Kier molecular flexibility index (Phi) is 4.69. The predicted octanol–water partition coefficient (Wildman–Crippen LogP) is 2.78. The van der Waals surface area contributed by atoms with E-state index in [1.54, 1.807) is 19.4 Å². The van der Waals surface area contributed by atoms with Gasteiger partial charge in [-0.2, -0.15) is 9.67 Å². The van der Waals surface area contributed by atoms with E-state index < -0.39 is 0 Å². The summed E-state index contributed by atoms with van der Waals surface area (Å²) in [5.41, 5.74) is 6.64. The van der Waals surface area contributed by atoms with Gasteiger partial charge in [-0.15, -0.1) is 5.10 Å². The third-order valence-electron chi connectivity index (χ3n) is 3.29. The molecule has 8 heteroatoms. The summed E-state index contributed by atoms with van der Waals surface area (Å²) in [5.74, 6) is 2.52. The predicted molar refractivity (Wildman–Crippen MR) is 95.6 cm³/mol. The molecule has 0 unspecified atom stereocenters. The van der Waals surface area contributed by atoms with Gasteiger partial charge in [-0.05, 0) is 38.1 Å². The van der Waals surface area contributed by atoms with Crippen LogP contribution < -0.4 is 20.5 Å². The summed E-state index contributed by atoms with van der Waals surface area (Å²) in [6.45, 7) is 3.92. The lowest BCUT2D eigenvalue weighted by Crippen LogP contribution is -2.08. The van der Waals surface area contributed by atoms with Crippen molar-refractivity contribution in [3.8, 4) is 17.3 Å². The number of nitrogens with two attached hydrogens (primary N) is 1. The lowest BCUT2D eigenvalue weighted by Gasteiger charge is -2.15. The number of nitrogens with zero attached hydrogens (tertiary/aromatic N) is 4. The van der Waals surface area contributed by atoms with Crippen LogP contribution in [0.3, 0.4) is 0 Å². The van der Waals surface area contributed by atoms with Crippen molar-refractivity contribution < 1.29 is 9.47 Å². The molecule has 0 fully saturated rings. The third-order valence-corrected chi connectivity index (χ3v) is 3.29. The zero-order valence-electron chi connectivity index (χ0n) is 14.3. The van der Waals surface area contributed by atoms with Crippen LogP contribution in [0.1, 0.15) is 13.8 Å². The SMILES string of the molecule is COc1ccc(OC(C)C)c(Nc2nc(N)n(-c3ccccn3)n2)c1. The quantitative estimate of drug-likeness (QED) is 0.711. The third kappa shape index (κ3) is 3.79. The van der Waals surface area contributed by atoms with Gasteiger partial charge in [0.1, 0.15) is 11.5 Å². The first-order chi connectivity index (χ1) is 12.1. The maximum Gasteiger partial charge on any atom is 0.249 e. The smallest absolute Gasteiger partial charge is 0.249 e. The number of nitrogen functional groups attached to an aromatic ring is 1. The second-order valence-electron chi connectivity index (χ2n) is 5.55. The van der Waals surface area contributed by atoms with Gasteiger partial charge in [0.2, 0.25) is 11.9 Å². The molecule has 0 saturated carbocycles. The van der Waals surface area contributed by atoms with E-state index in [-0.39, 0.29) is 12.1 Å². The highest BCUT2D eigenvalue weighted by Gasteiger charge is 2.13. The van der Waals surface area contributed by atoms with Crippen LogP contribution in [0.25, 0.3) is 5.82 Å². The Bertz CT molecular complexity index is 848. The Morgan fingerprint density at radius 1 is 1.20 bits per heavy atom. The van der Waals surface area contributed by atoms with Gasteiger partial charge in [0.15, 0.2) is 5.82 Å². The monoisotopic (exact) mass is 340 g/mol. The van der Waals surface area contributed by atoms with Crippen molar-refractivity contribution in [2.75, 3.05) is 18.2 Å². The molecule has 8 nitrogen and oxygen atoms in total. The van der Waals surface area contributed by atoms with Crippen LogP contribution in [-0.2, 0) is 0 Å². The standard InChI is InChI=1S/C17H20N6O2/c1-11(2)25-14-8-7-12(24-3)10-13(14)20-17-21-16(18)23(22-17)15-6-4-5-9-19-15/h4-11H,1-3H3,(H3,18,20,21,22). The van der Waals surface area contributed by atoms with E-state index in [9.17, 15) is 0 Å². The van der Waals surface area contributed by atoms with Crippen molar-refractivity contribution in [1.82, 2.24) is 19.7 Å². The fourth-order valence-corrected chi connectivity index (χ4v) is 2.24. The first kappa shape index (κ1) is 16.6. The van der Waals surface area contributed by atoms with Crippen LogP contribution in [0.5, 0.6) is 11.5 Å². The van der Waals surface area contributed by atoms with Crippen molar-refractivity contribution in [1.29, 1.82) is 0 Å². The Balaban J connectivity index is 1.92. The number of hydrogen-bond acceptors (Lipinski definition) is 7. The Hall–Kier alpha value is -3.29. The zero-order valence-corrected chi connectivity index (χ0v) is 14.3. The molecular formula is C17H20N6O2. The topological polar surface area (TPSA) is 100 Å². The largest absolute Gasteiger partial charge is 0.497 e.